The minimum atomic E-state index is 0.0348. The summed E-state index contributed by atoms with van der Waals surface area (Å²) in [7, 11) is 0. The lowest BCUT2D eigenvalue weighted by Gasteiger charge is -2.13. The Morgan fingerprint density at radius 3 is 2.42 bits per heavy atom. The summed E-state index contributed by atoms with van der Waals surface area (Å²) in [6.45, 7) is 7.65. The van der Waals surface area contributed by atoms with Crippen LogP contribution < -0.4 is 5.73 Å². The molecule has 19 heavy (non-hydrogen) atoms. The molecular formula is C13H17N5O. The molecule has 2 heterocycles. The van der Waals surface area contributed by atoms with E-state index in [1.54, 1.807) is 4.68 Å². The molecular weight excluding hydrogens is 242 g/mol. The Balaban J connectivity index is 2.78. The summed E-state index contributed by atoms with van der Waals surface area (Å²) >= 11 is 0. The van der Waals surface area contributed by atoms with Crippen LogP contribution in [0.1, 0.15) is 28.2 Å². The van der Waals surface area contributed by atoms with Crippen molar-refractivity contribution < 1.29 is 5.21 Å². The van der Waals surface area contributed by atoms with Gasteiger partial charge in [-0.3, -0.25) is 0 Å². The number of oxime groups is 1. The second kappa shape index (κ2) is 4.72. The van der Waals surface area contributed by atoms with Gasteiger partial charge < -0.3 is 10.9 Å². The van der Waals surface area contributed by atoms with Crippen molar-refractivity contribution in [1.82, 2.24) is 14.8 Å². The standard InChI is InChI=1S/C13H17N5O/c1-7-5-8(2)15-13(11(7)12(14)17-19)18-10(4)6-9(3)16-18/h5-6,19H,1-4H3,(H2,14,17). The van der Waals surface area contributed by atoms with Crippen LogP contribution in [0.15, 0.2) is 17.3 Å². The van der Waals surface area contributed by atoms with Crippen LogP contribution >= 0.6 is 0 Å². The molecule has 0 spiro atoms. The first-order valence-corrected chi connectivity index (χ1v) is 5.94. The first-order valence-electron chi connectivity index (χ1n) is 5.94. The summed E-state index contributed by atoms with van der Waals surface area (Å²) in [5, 5.41) is 16.4. The van der Waals surface area contributed by atoms with E-state index in [4.69, 9.17) is 10.9 Å². The molecule has 2 rings (SSSR count). The third kappa shape index (κ3) is 2.29. The molecule has 0 aromatic carbocycles. The quantitative estimate of drug-likeness (QED) is 0.371. The molecule has 3 N–H and O–H groups in total. The van der Waals surface area contributed by atoms with Crippen LogP contribution in [0, 0.1) is 27.7 Å². The Hall–Kier alpha value is -2.37. The van der Waals surface area contributed by atoms with Gasteiger partial charge in [-0.15, -0.1) is 0 Å². The van der Waals surface area contributed by atoms with Gasteiger partial charge in [-0.1, -0.05) is 5.16 Å². The zero-order valence-electron chi connectivity index (χ0n) is 11.5. The molecule has 0 saturated heterocycles. The van der Waals surface area contributed by atoms with Crippen molar-refractivity contribution in [3.8, 4) is 5.82 Å². The molecule has 0 radical (unpaired) electrons. The van der Waals surface area contributed by atoms with E-state index < -0.39 is 0 Å². The predicted octanol–water partition coefficient (Wildman–Crippen LogP) is 1.60. The minimum Gasteiger partial charge on any atom is -0.409 e. The highest BCUT2D eigenvalue weighted by atomic mass is 16.4. The normalized spacial score (nSPS) is 11.9. The summed E-state index contributed by atoms with van der Waals surface area (Å²) < 4.78 is 1.71. The molecule has 6 heteroatoms. The number of pyridine rings is 1. The molecule has 0 amide bonds. The summed E-state index contributed by atoms with van der Waals surface area (Å²) in [4.78, 5) is 4.48. The van der Waals surface area contributed by atoms with E-state index in [0.717, 1.165) is 22.6 Å². The topological polar surface area (TPSA) is 89.3 Å². The van der Waals surface area contributed by atoms with E-state index in [1.807, 2.05) is 39.8 Å². The van der Waals surface area contributed by atoms with Crippen molar-refractivity contribution >= 4 is 5.84 Å². The third-order valence-corrected chi connectivity index (χ3v) is 2.90. The van der Waals surface area contributed by atoms with Crippen LogP contribution in [0.25, 0.3) is 5.82 Å². The molecule has 0 atom stereocenters. The SMILES string of the molecule is Cc1cc(C)c(C(N)=NO)c(-n2nc(C)cc2C)n1. The average molecular weight is 259 g/mol. The lowest BCUT2D eigenvalue weighted by atomic mass is 10.1. The van der Waals surface area contributed by atoms with Crippen LogP contribution in [-0.2, 0) is 0 Å². The maximum atomic E-state index is 8.93. The van der Waals surface area contributed by atoms with Gasteiger partial charge in [-0.05, 0) is 45.4 Å². The zero-order chi connectivity index (χ0) is 14.2. The Bertz CT molecular complexity index is 657. The first kappa shape index (κ1) is 13.1. The molecule has 100 valence electrons. The number of hydrogen-bond acceptors (Lipinski definition) is 4. The fourth-order valence-electron chi connectivity index (χ4n) is 2.18. The van der Waals surface area contributed by atoms with Gasteiger partial charge in [0, 0.05) is 11.4 Å². The number of amidine groups is 1. The van der Waals surface area contributed by atoms with Crippen molar-refractivity contribution in [2.24, 2.45) is 10.9 Å². The van der Waals surface area contributed by atoms with Crippen molar-refractivity contribution in [2.75, 3.05) is 0 Å². The minimum absolute atomic E-state index is 0.0348. The van der Waals surface area contributed by atoms with Crippen molar-refractivity contribution in [1.29, 1.82) is 0 Å². The molecule has 2 aromatic rings. The molecule has 0 fully saturated rings. The third-order valence-electron chi connectivity index (χ3n) is 2.90. The van der Waals surface area contributed by atoms with Gasteiger partial charge in [0.2, 0.25) is 0 Å². The van der Waals surface area contributed by atoms with E-state index in [2.05, 4.69) is 15.2 Å². The number of rotatable bonds is 2. The maximum absolute atomic E-state index is 8.93. The van der Waals surface area contributed by atoms with E-state index >= 15 is 0 Å². The van der Waals surface area contributed by atoms with Gasteiger partial charge in [-0.25, -0.2) is 9.67 Å². The van der Waals surface area contributed by atoms with Crippen molar-refractivity contribution in [3.05, 3.63) is 40.3 Å². The van der Waals surface area contributed by atoms with Crippen LogP contribution in [-0.4, -0.2) is 25.8 Å². The van der Waals surface area contributed by atoms with Crippen LogP contribution in [0.3, 0.4) is 0 Å². The molecule has 0 bridgehead atoms. The smallest absolute Gasteiger partial charge is 0.174 e. The van der Waals surface area contributed by atoms with Gasteiger partial charge >= 0.3 is 0 Å². The highest BCUT2D eigenvalue weighted by Crippen LogP contribution is 2.19. The molecule has 0 aliphatic rings. The molecule has 0 unspecified atom stereocenters. The zero-order valence-corrected chi connectivity index (χ0v) is 11.5. The largest absolute Gasteiger partial charge is 0.409 e. The summed E-state index contributed by atoms with van der Waals surface area (Å²) in [6.07, 6.45) is 0. The van der Waals surface area contributed by atoms with Gasteiger partial charge in [-0.2, -0.15) is 5.10 Å². The van der Waals surface area contributed by atoms with Crippen LogP contribution in [0.4, 0.5) is 0 Å². The number of hydrogen-bond donors (Lipinski definition) is 2. The Morgan fingerprint density at radius 2 is 1.89 bits per heavy atom. The molecule has 0 aliphatic heterocycles. The van der Waals surface area contributed by atoms with Gasteiger partial charge in [0.25, 0.3) is 0 Å². The molecule has 0 aliphatic carbocycles. The fourth-order valence-corrected chi connectivity index (χ4v) is 2.18. The highest BCUT2D eigenvalue weighted by molar-refractivity contribution is 6.01. The van der Waals surface area contributed by atoms with Gasteiger partial charge in [0.05, 0.1) is 11.3 Å². The van der Waals surface area contributed by atoms with E-state index in [-0.39, 0.29) is 5.84 Å². The van der Waals surface area contributed by atoms with E-state index in [9.17, 15) is 0 Å². The predicted molar refractivity (Wildman–Crippen MR) is 72.8 cm³/mol. The monoisotopic (exact) mass is 259 g/mol. The Kier molecular flexibility index (Phi) is 3.25. The summed E-state index contributed by atoms with van der Waals surface area (Å²) in [5.74, 6) is 0.617. The Labute approximate surface area is 111 Å². The fraction of sp³-hybridized carbons (Fsp3) is 0.308. The molecule has 6 nitrogen and oxygen atoms in total. The number of aromatic nitrogens is 3. The second-order valence-electron chi connectivity index (χ2n) is 4.60. The number of aryl methyl sites for hydroxylation is 4. The summed E-state index contributed by atoms with van der Waals surface area (Å²) in [6, 6.07) is 3.85. The number of nitrogens with zero attached hydrogens (tertiary/aromatic N) is 4. The van der Waals surface area contributed by atoms with E-state index in [1.165, 1.54) is 0 Å². The summed E-state index contributed by atoms with van der Waals surface area (Å²) in [5.41, 5.74) is 9.94. The van der Waals surface area contributed by atoms with Crippen LogP contribution in [0.2, 0.25) is 0 Å². The Morgan fingerprint density at radius 1 is 1.21 bits per heavy atom. The van der Waals surface area contributed by atoms with Gasteiger partial charge in [0.15, 0.2) is 11.7 Å². The van der Waals surface area contributed by atoms with Crippen LogP contribution in [0.5, 0.6) is 0 Å². The molecule has 2 aromatic heterocycles. The highest BCUT2D eigenvalue weighted by Gasteiger charge is 2.17. The first-order chi connectivity index (χ1) is 8.93. The van der Waals surface area contributed by atoms with Crippen molar-refractivity contribution in [3.63, 3.8) is 0 Å². The second-order valence-corrected chi connectivity index (χ2v) is 4.60. The van der Waals surface area contributed by atoms with Gasteiger partial charge in [0.1, 0.15) is 0 Å². The van der Waals surface area contributed by atoms with E-state index in [0.29, 0.717) is 11.4 Å². The maximum Gasteiger partial charge on any atom is 0.174 e. The molecule has 0 saturated carbocycles. The number of nitrogens with two attached hydrogens (primary N) is 1. The lowest BCUT2D eigenvalue weighted by molar-refractivity contribution is 0.318. The van der Waals surface area contributed by atoms with Crippen molar-refractivity contribution in [2.45, 2.75) is 27.7 Å². The lowest BCUT2D eigenvalue weighted by Crippen LogP contribution is -2.20. The average Bonchev–Trinajstić information content (AvgIpc) is 2.66.